The van der Waals surface area contributed by atoms with Crippen LogP contribution in [0, 0.1) is 5.92 Å². The second kappa shape index (κ2) is 7.51. The Morgan fingerprint density at radius 2 is 1.91 bits per heavy atom. The van der Waals surface area contributed by atoms with E-state index in [4.69, 9.17) is 17.3 Å². The molecule has 0 saturated carbocycles. The quantitative estimate of drug-likeness (QED) is 0.774. The highest BCUT2D eigenvalue weighted by molar-refractivity contribution is 6.34. The van der Waals surface area contributed by atoms with Gasteiger partial charge in [-0.05, 0) is 49.8 Å². The molecule has 2 saturated heterocycles. The predicted molar refractivity (Wildman–Crippen MR) is 93.1 cm³/mol. The molecule has 0 aromatic heterocycles. The van der Waals surface area contributed by atoms with Gasteiger partial charge in [0.15, 0.2) is 0 Å². The summed E-state index contributed by atoms with van der Waals surface area (Å²) in [5.41, 5.74) is 6.06. The zero-order chi connectivity index (χ0) is 15.7. The lowest BCUT2D eigenvalue weighted by Gasteiger charge is -2.28. The van der Waals surface area contributed by atoms with Crippen molar-refractivity contribution in [1.82, 2.24) is 5.32 Å². The fourth-order valence-corrected chi connectivity index (χ4v) is 3.88. The minimum absolute atomic E-state index is 0. The third-order valence-electron chi connectivity index (χ3n) is 4.56. The highest BCUT2D eigenvalue weighted by Crippen LogP contribution is 2.33. The Morgan fingerprint density at radius 3 is 2.48 bits per heavy atom. The van der Waals surface area contributed by atoms with E-state index in [9.17, 15) is 9.59 Å². The first-order valence-corrected chi connectivity index (χ1v) is 8.04. The molecule has 126 valence electrons. The van der Waals surface area contributed by atoms with Crippen LogP contribution in [-0.2, 0) is 4.79 Å². The van der Waals surface area contributed by atoms with Gasteiger partial charge in [-0.1, -0.05) is 11.6 Å². The number of piperidine rings is 1. The minimum atomic E-state index is -0.576. The molecule has 2 bridgehead atoms. The third kappa shape index (κ3) is 4.37. The summed E-state index contributed by atoms with van der Waals surface area (Å²) in [5.74, 6) is -0.138. The average molecular weight is 358 g/mol. The lowest BCUT2D eigenvalue weighted by molar-refractivity contribution is -0.117. The Bertz CT molecular complexity index is 597. The van der Waals surface area contributed by atoms with Crippen LogP contribution >= 0.6 is 24.0 Å². The van der Waals surface area contributed by atoms with Crippen LogP contribution < -0.4 is 16.4 Å². The number of hydrogen-bond donors (Lipinski definition) is 3. The number of carbonyl (C=O) groups is 2. The topological polar surface area (TPSA) is 84.2 Å². The molecule has 5 nitrogen and oxygen atoms in total. The number of primary amides is 1. The molecule has 7 heteroatoms. The van der Waals surface area contributed by atoms with Gasteiger partial charge in [-0.2, -0.15) is 0 Å². The van der Waals surface area contributed by atoms with Gasteiger partial charge in [0, 0.05) is 24.2 Å². The standard InChI is InChI=1S/C16H20ClN3O2.ClH/c17-14-8-12(3-4-13(14)16(18)22)20-15(21)7-9-5-10-1-2-11(6-9)19-10;/h3-4,8-11,19H,1-2,5-7H2,(H2,18,22)(H,20,21);1H. The van der Waals surface area contributed by atoms with Crippen LogP contribution in [0.2, 0.25) is 5.02 Å². The van der Waals surface area contributed by atoms with Gasteiger partial charge in [0.05, 0.1) is 10.6 Å². The molecule has 2 unspecified atom stereocenters. The van der Waals surface area contributed by atoms with E-state index in [1.165, 1.54) is 18.9 Å². The van der Waals surface area contributed by atoms with Crippen LogP contribution in [0.1, 0.15) is 42.5 Å². The van der Waals surface area contributed by atoms with E-state index in [-0.39, 0.29) is 28.9 Å². The first kappa shape index (κ1) is 18.0. The number of carbonyl (C=O) groups excluding carboxylic acids is 2. The molecule has 2 aliphatic heterocycles. The largest absolute Gasteiger partial charge is 0.366 e. The summed E-state index contributed by atoms with van der Waals surface area (Å²) in [7, 11) is 0. The number of nitrogens with two attached hydrogens (primary N) is 1. The minimum Gasteiger partial charge on any atom is -0.366 e. The Kier molecular flexibility index (Phi) is 5.89. The van der Waals surface area contributed by atoms with Crippen molar-refractivity contribution in [3.8, 4) is 0 Å². The number of rotatable bonds is 4. The van der Waals surface area contributed by atoms with E-state index in [0.29, 0.717) is 30.1 Å². The van der Waals surface area contributed by atoms with Crippen LogP contribution in [0.3, 0.4) is 0 Å². The van der Waals surface area contributed by atoms with Crippen molar-refractivity contribution < 1.29 is 9.59 Å². The molecule has 0 aliphatic carbocycles. The van der Waals surface area contributed by atoms with Crippen molar-refractivity contribution in [2.24, 2.45) is 11.7 Å². The van der Waals surface area contributed by atoms with Gasteiger partial charge in [0.2, 0.25) is 11.8 Å². The fraction of sp³-hybridized carbons (Fsp3) is 0.500. The van der Waals surface area contributed by atoms with Gasteiger partial charge in [-0.15, -0.1) is 12.4 Å². The monoisotopic (exact) mass is 357 g/mol. The maximum atomic E-state index is 12.2. The summed E-state index contributed by atoms with van der Waals surface area (Å²) < 4.78 is 0. The number of fused-ring (bicyclic) bond motifs is 2. The number of anilines is 1. The van der Waals surface area contributed by atoms with Crippen LogP contribution in [-0.4, -0.2) is 23.9 Å². The maximum Gasteiger partial charge on any atom is 0.250 e. The number of nitrogens with one attached hydrogen (secondary N) is 2. The smallest absolute Gasteiger partial charge is 0.250 e. The van der Waals surface area contributed by atoms with Gasteiger partial charge >= 0.3 is 0 Å². The molecule has 2 aliphatic rings. The van der Waals surface area contributed by atoms with E-state index in [2.05, 4.69) is 10.6 Å². The summed E-state index contributed by atoms with van der Waals surface area (Å²) >= 11 is 5.99. The maximum absolute atomic E-state index is 12.2. The Morgan fingerprint density at radius 1 is 1.26 bits per heavy atom. The summed E-state index contributed by atoms with van der Waals surface area (Å²) in [5, 5.41) is 6.68. The van der Waals surface area contributed by atoms with Crippen LogP contribution in [0.4, 0.5) is 5.69 Å². The fourth-order valence-electron chi connectivity index (χ4n) is 3.61. The van der Waals surface area contributed by atoms with E-state index in [0.717, 1.165) is 12.8 Å². The second-order valence-electron chi connectivity index (χ2n) is 6.29. The Balaban J connectivity index is 0.00000192. The second-order valence-corrected chi connectivity index (χ2v) is 6.69. The normalized spacial score (nSPS) is 25.5. The SMILES string of the molecule is Cl.NC(=O)c1ccc(NC(=O)CC2CC3CCC(C2)N3)cc1Cl. The van der Waals surface area contributed by atoms with Gasteiger partial charge < -0.3 is 16.4 Å². The number of benzene rings is 1. The zero-order valence-corrected chi connectivity index (χ0v) is 14.3. The van der Waals surface area contributed by atoms with E-state index >= 15 is 0 Å². The number of hydrogen-bond acceptors (Lipinski definition) is 3. The highest BCUT2D eigenvalue weighted by atomic mass is 35.5. The van der Waals surface area contributed by atoms with Crippen molar-refractivity contribution in [2.75, 3.05) is 5.32 Å². The predicted octanol–water partition coefficient (Wildman–Crippen LogP) is 2.72. The molecular weight excluding hydrogens is 337 g/mol. The highest BCUT2D eigenvalue weighted by Gasteiger charge is 2.34. The average Bonchev–Trinajstić information content (AvgIpc) is 2.77. The van der Waals surface area contributed by atoms with Crippen LogP contribution in [0.15, 0.2) is 18.2 Å². The molecule has 3 rings (SSSR count). The van der Waals surface area contributed by atoms with Gasteiger partial charge in [-0.3, -0.25) is 9.59 Å². The van der Waals surface area contributed by atoms with E-state index < -0.39 is 5.91 Å². The number of amides is 2. The van der Waals surface area contributed by atoms with Gasteiger partial charge in [0.1, 0.15) is 0 Å². The summed E-state index contributed by atoms with van der Waals surface area (Å²) in [4.78, 5) is 23.3. The third-order valence-corrected chi connectivity index (χ3v) is 4.88. The summed E-state index contributed by atoms with van der Waals surface area (Å²) in [6.45, 7) is 0. The van der Waals surface area contributed by atoms with E-state index in [1.807, 2.05) is 0 Å². The zero-order valence-electron chi connectivity index (χ0n) is 12.7. The van der Waals surface area contributed by atoms with Crippen LogP contribution in [0.5, 0.6) is 0 Å². The van der Waals surface area contributed by atoms with Gasteiger partial charge in [0.25, 0.3) is 0 Å². The molecule has 0 radical (unpaired) electrons. The summed E-state index contributed by atoms with van der Waals surface area (Å²) in [6, 6.07) is 5.91. The molecule has 2 fully saturated rings. The lowest BCUT2D eigenvalue weighted by atomic mass is 9.89. The van der Waals surface area contributed by atoms with Crippen molar-refractivity contribution in [3.63, 3.8) is 0 Å². The molecule has 4 N–H and O–H groups in total. The Hall–Kier alpha value is -1.30. The lowest BCUT2D eigenvalue weighted by Crippen LogP contribution is -2.39. The number of halogens is 2. The van der Waals surface area contributed by atoms with Gasteiger partial charge in [-0.25, -0.2) is 0 Å². The molecule has 1 aromatic carbocycles. The molecule has 2 amide bonds. The van der Waals surface area contributed by atoms with Crippen molar-refractivity contribution in [1.29, 1.82) is 0 Å². The van der Waals surface area contributed by atoms with Crippen LogP contribution in [0.25, 0.3) is 0 Å². The molecule has 0 spiro atoms. The molecule has 1 aromatic rings. The van der Waals surface area contributed by atoms with Crippen molar-refractivity contribution in [3.05, 3.63) is 28.8 Å². The molecule has 2 atom stereocenters. The first-order valence-electron chi connectivity index (χ1n) is 7.66. The van der Waals surface area contributed by atoms with E-state index in [1.54, 1.807) is 12.1 Å². The molecular formula is C16H21Cl2N3O2. The van der Waals surface area contributed by atoms with Crippen molar-refractivity contribution in [2.45, 2.75) is 44.2 Å². The Labute approximate surface area is 146 Å². The van der Waals surface area contributed by atoms with Crippen molar-refractivity contribution >= 4 is 41.5 Å². The molecule has 23 heavy (non-hydrogen) atoms. The first-order chi connectivity index (χ1) is 10.5. The molecule has 2 heterocycles. The summed E-state index contributed by atoms with van der Waals surface area (Å²) in [6.07, 6.45) is 5.14.